The van der Waals surface area contributed by atoms with Crippen LogP contribution in [0, 0.1) is 0 Å². The molecule has 0 unspecified atom stereocenters. The summed E-state index contributed by atoms with van der Waals surface area (Å²) in [5.74, 6) is -3.98. The van der Waals surface area contributed by atoms with Gasteiger partial charge < -0.3 is 37.2 Å². The fourth-order valence-corrected chi connectivity index (χ4v) is 5.95. The van der Waals surface area contributed by atoms with Crippen molar-refractivity contribution < 1.29 is 39.0 Å². The van der Waals surface area contributed by atoms with Crippen LogP contribution in [0.5, 0.6) is 0 Å². The highest BCUT2D eigenvalue weighted by molar-refractivity contribution is 6.35. The highest BCUT2D eigenvalue weighted by Crippen LogP contribution is 2.20. The van der Waals surface area contributed by atoms with Crippen LogP contribution < -0.4 is 27.0 Å². The molecular formula is C41H61BN5O8. The van der Waals surface area contributed by atoms with Gasteiger partial charge in [-0.3, -0.25) is 24.0 Å². The van der Waals surface area contributed by atoms with Crippen molar-refractivity contribution in [3.63, 3.8) is 0 Å². The molecule has 0 saturated heterocycles. The van der Waals surface area contributed by atoms with Crippen LogP contribution in [0.25, 0.3) is 11.1 Å². The fraction of sp³-hybridized carbons (Fsp3) is 0.561. The summed E-state index contributed by atoms with van der Waals surface area (Å²) in [5, 5.41) is 29.1. The predicted molar refractivity (Wildman–Crippen MR) is 214 cm³/mol. The molecule has 4 amide bonds. The minimum atomic E-state index is -1.27. The standard InChI is InChI=1S/C41H61BN5O8/c1-2-3-4-5-6-7-11-17-36(48)44-28-13-25-42-26-24-33(43)39(52)47-35(29-30-18-20-32(21-19-30)31-14-9-8-10-15-31)40(53)45-27-12-16-34(41(54)55)46-37(49)22-23-38(50)51/h8-10,14-15,18-21,33-35H,2-7,11-13,16-17,22-29,43H2,1H3,(H,44,48)(H,45,53)(H,46,49)(H,47,52)(H,50,51)(H,54,55)/t33-,34+,35+/m0/s1. The predicted octanol–water partition coefficient (Wildman–Crippen LogP) is 4.62. The van der Waals surface area contributed by atoms with Gasteiger partial charge in [-0.1, -0.05) is 113 Å². The quantitative estimate of drug-likeness (QED) is 0.0436. The first kappa shape index (κ1) is 46.4. The van der Waals surface area contributed by atoms with E-state index < -0.39 is 54.2 Å². The second-order valence-corrected chi connectivity index (χ2v) is 13.9. The Kier molecular flexibility index (Phi) is 23.5. The van der Waals surface area contributed by atoms with Crippen molar-refractivity contribution in [2.45, 2.75) is 134 Å². The van der Waals surface area contributed by atoms with Crippen molar-refractivity contribution in [3.8, 4) is 11.1 Å². The van der Waals surface area contributed by atoms with E-state index in [0.717, 1.165) is 42.3 Å². The summed E-state index contributed by atoms with van der Waals surface area (Å²) in [4.78, 5) is 73.0. The lowest BCUT2D eigenvalue weighted by Gasteiger charge is -2.21. The van der Waals surface area contributed by atoms with Gasteiger partial charge in [0.2, 0.25) is 23.6 Å². The Balaban J connectivity index is 1.84. The number of nitrogens with two attached hydrogens (primary N) is 1. The van der Waals surface area contributed by atoms with Crippen molar-refractivity contribution >= 4 is 42.8 Å². The minimum absolute atomic E-state index is 0.000598. The van der Waals surface area contributed by atoms with Crippen molar-refractivity contribution in [2.75, 3.05) is 13.1 Å². The minimum Gasteiger partial charge on any atom is -0.481 e. The third-order valence-electron chi connectivity index (χ3n) is 9.24. The van der Waals surface area contributed by atoms with Crippen LogP contribution in [0.1, 0.15) is 102 Å². The van der Waals surface area contributed by atoms with E-state index in [9.17, 15) is 33.9 Å². The Morgan fingerprint density at radius 3 is 1.96 bits per heavy atom. The molecule has 13 nitrogen and oxygen atoms in total. The number of amides is 4. The molecular weight excluding hydrogens is 701 g/mol. The van der Waals surface area contributed by atoms with E-state index in [1.165, 1.54) is 32.1 Å². The number of hydrogen-bond acceptors (Lipinski definition) is 7. The largest absolute Gasteiger partial charge is 0.481 e. The molecule has 0 aliphatic carbocycles. The molecule has 0 fully saturated rings. The van der Waals surface area contributed by atoms with Crippen molar-refractivity contribution in [1.82, 2.24) is 21.3 Å². The summed E-state index contributed by atoms with van der Waals surface area (Å²) in [5.41, 5.74) is 9.09. The van der Waals surface area contributed by atoms with E-state index in [1.807, 2.05) is 61.9 Å². The number of hydrogen-bond donors (Lipinski definition) is 7. The topological polar surface area (TPSA) is 217 Å². The molecule has 2 rings (SSSR count). The summed E-state index contributed by atoms with van der Waals surface area (Å²) < 4.78 is 0. The first-order chi connectivity index (χ1) is 26.5. The van der Waals surface area contributed by atoms with Gasteiger partial charge in [-0.25, -0.2) is 4.79 Å². The molecule has 55 heavy (non-hydrogen) atoms. The number of unbranched alkanes of at least 4 members (excludes halogenated alkanes) is 6. The van der Waals surface area contributed by atoms with Crippen LogP contribution in [-0.2, 0) is 35.2 Å². The highest BCUT2D eigenvalue weighted by atomic mass is 16.4. The fourth-order valence-electron chi connectivity index (χ4n) is 5.95. The van der Waals surface area contributed by atoms with Gasteiger partial charge in [-0.15, -0.1) is 0 Å². The van der Waals surface area contributed by atoms with Crippen LogP contribution in [0.4, 0.5) is 0 Å². The summed E-state index contributed by atoms with van der Waals surface area (Å²) in [6.07, 6.45) is 10.9. The van der Waals surface area contributed by atoms with Gasteiger partial charge in [0.25, 0.3) is 0 Å². The SMILES string of the molecule is CCCCCCCCCC(=O)NCCC[B]CC[C@H](N)C(=O)N[C@H](Cc1ccc(-c2ccccc2)cc1)C(=O)NCCC[C@@H](NC(=O)CCC(=O)O)C(=O)O. The average Bonchev–Trinajstić information content (AvgIpc) is 3.17. The maximum Gasteiger partial charge on any atom is 0.326 e. The van der Waals surface area contributed by atoms with E-state index in [-0.39, 0.29) is 38.1 Å². The van der Waals surface area contributed by atoms with Gasteiger partial charge in [0.15, 0.2) is 0 Å². The van der Waals surface area contributed by atoms with Gasteiger partial charge in [-0.05, 0) is 48.8 Å². The summed E-state index contributed by atoms with van der Waals surface area (Å²) in [7, 11) is 2.05. The lowest BCUT2D eigenvalue weighted by atomic mass is 9.68. The number of nitrogens with one attached hydrogen (secondary N) is 4. The maximum atomic E-state index is 13.4. The Bertz CT molecular complexity index is 1460. The van der Waals surface area contributed by atoms with Crippen molar-refractivity contribution in [3.05, 3.63) is 60.2 Å². The van der Waals surface area contributed by atoms with E-state index in [2.05, 4.69) is 28.2 Å². The number of carboxylic acid groups (broad SMARTS) is 2. The van der Waals surface area contributed by atoms with Crippen LogP contribution in [0.2, 0.25) is 12.6 Å². The van der Waals surface area contributed by atoms with Crippen LogP contribution in [0.3, 0.4) is 0 Å². The van der Waals surface area contributed by atoms with Crippen molar-refractivity contribution in [2.24, 2.45) is 5.73 Å². The smallest absolute Gasteiger partial charge is 0.326 e. The van der Waals surface area contributed by atoms with E-state index >= 15 is 0 Å². The van der Waals surface area contributed by atoms with Gasteiger partial charge in [0.1, 0.15) is 19.4 Å². The Hall–Kier alpha value is -4.72. The van der Waals surface area contributed by atoms with Crippen LogP contribution in [-0.4, -0.2) is 84.3 Å². The monoisotopic (exact) mass is 762 g/mol. The molecule has 0 aromatic heterocycles. The van der Waals surface area contributed by atoms with Crippen molar-refractivity contribution in [1.29, 1.82) is 0 Å². The molecule has 0 heterocycles. The van der Waals surface area contributed by atoms with E-state index in [0.29, 0.717) is 25.7 Å². The number of carbonyl (C=O) groups is 6. The molecule has 14 heteroatoms. The van der Waals surface area contributed by atoms with Crippen LogP contribution in [0.15, 0.2) is 54.6 Å². The molecule has 0 aliphatic rings. The number of benzene rings is 2. The van der Waals surface area contributed by atoms with Crippen LogP contribution >= 0.6 is 0 Å². The number of carboxylic acids is 2. The Morgan fingerprint density at radius 1 is 0.636 bits per heavy atom. The Labute approximate surface area is 326 Å². The zero-order valence-electron chi connectivity index (χ0n) is 32.4. The third-order valence-corrected chi connectivity index (χ3v) is 9.24. The second kappa shape index (κ2) is 27.8. The third kappa shape index (κ3) is 21.1. The maximum absolute atomic E-state index is 13.4. The zero-order chi connectivity index (χ0) is 40.3. The average molecular weight is 763 g/mol. The normalized spacial score (nSPS) is 12.5. The molecule has 8 N–H and O–H groups in total. The lowest BCUT2D eigenvalue weighted by Crippen LogP contribution is -2.52. The molecule has 0 bridgehead atoms. The molecule has 1 radical (unpaired) electrons. The lowest BCUT2D eigenvalue weighted by molar-refractivity contribution is -0.142. The number of aliphatic carboxylic acids is 2. The van der Waals surface area contributed by atoms with Gasteiger partial charge in [0, 0.05) is 32.4 Å². The summed E-state index contributed by atoms with van der Waals surface area (Å²) >= 11 is 0. The van der Waals surface area contributed by atoms with Gasteiger partial charge in [0.05, 0.1) is 12.5 Å². The highest BCUT2D eigenvalue weighted by Gasteiger charge is 2.25. The molecule has 3 atom stereocenters. The first-order valence-corrected chi connectivity index (χ1v) is 19.8. The summed E-state index contributed by atoms with van der Waals surface area (Å²) in [6.45, 7) is 2.87. The molecule has 2 aromatic carbocycles. The van der Waals surface area contributed by atoms with E-state index in [1.54, 1.807) is 0 Å². The first-order valence-electron chi connectivity index (χ1n) is 19.8. The Morgan fingerprint density at radius 2 is 1.29 bits per heavy atom. The number of carbonyl (C=O) groups excluding carboxylic acids is 4. The molecule has 301 valence electrons. The zero-order valence-corrected chi connectivity index (χ0v) is 32.4. The molecule has 0 aliphatic heterocycles. The molecule has 2 aromatic rings. The van der Waals surface area contributed by atoms with Gasteiger partial charge in [-0.2, -0.15) is 0 Å². The molecule has 0 spiro atoms. The molecule has 0 saturated carbocycles. The summed E-state index contributed by atoms with van der Waals surface area (Å²) in [6, 6.07) is 14.5. The van der Waals surface area contributed by atoms with E-state index in [4.69, 9.17) is 10.8 Å². The van der Waals surface area contributed by atoms with Gasteiger partial charge >= 0.3 is 11.9 Å². The number of rotatable bonds is 30. The second-order valence-electron chi connectivity index (χ2n) is 13.9.